The first-order valence-corrected chi connectivity index (χ1v) is 8.95. The molecule has 7 nitrogen and oxygen atoms in total. The fraction of sp³-hybridized carbons (Fsp3) is 0.250. The van der Waals surface area contributed by atoms with E-state index in [0.717, 1.165) is 11.3 Å². The minimum atomic E-state index is -0.315. The number of benzene rings is 2. The molecule has 9 heteroatoms. The van der Waals surface area contributed by atoms with Crippen molar-refractivity contribution in [2.75, 3.05) is 13.6 Å². The van der Waals surface area contributed by atoms with E-state index in [1.807, 2.05) is 31.2 Å². The van der Waals surface area contributed by atoms with Gasteiger partial charge in [0.25, 0.3) is 0 Å². The zero-order chi connectivity index (χ0) is 19.8. The van der Waals surface area contributed by atoms with E-state index in [-0.39, 0.29) is 35.9 Å². The Hall–Kier alpha value is -2.69. The average molecular weight is 510 g/mol. The predicted octanol–water partition coefficient (Wildman–Crippen LogP) is 3.16. The summed E-state index contributed by atoms with van der Waals surface area (Å²) in [6, 6.07) is 14.1. The molecule has 0 spiro atoms. The molecular formula is C20H24FIN6O. The summed E-state index contributed by atoms with van der Waals surface area (Å²) in [6.07, 6.45) is 3.01. The molecular weight excluding hydrogens is 486 g/mol. The molecule has 0 aliphatic carbocycles. The van der Waals surface area contributed by atoms with Crippen molar-refractivity contribution in [1.29, 1.82) is 0 Å². The van der Waals surface area contributed by atoms with Crippen LogP contribution in [0.1, 0.15) is 12.5 Å². The molecule has 0 saturated carbocycles. The lowest BCUT2D eigenvalue weighted by atomic mass is 10.2. The van der Waals surface area contributed by atoms with Crippen molar-refractivity contribution in [3.05, 3.63) is 72.6 Å². The Morgan fingerprint density at radius 2 is 2.00 bits per heavy atom. The molecule has 1 atom stereocenters. The minimum absolute atomic E-state index is 0. The van der Waals surface area contributed by atoms with Gasteiger partial charge in [0, 0.05) is 19.7 Å². The molecule has 1 heterocycles. The number of hydrogen-bond donors (Lipinski definition) is 2. The SMILES string of the molecule is CN=C(NCc1ccc(-n2cncn2)cc1)NCC(C)Oc1cccc(F)c1.I. The van der Waals surface area contributed by atoms with Crippen molar-refractivity contribution in [3.8, 4) is 11.4 Å². The van der Waals surface area contributed by atoms with Crippen molar-refractivity contribution >= 4 is 29.9 Å². The standard InChI is InChI=1S/C20H23FN6O.HI/c1-15(28-19-5-3-4-17(21)10-19)11-24-20(22-2)25-12-16-6-8-18(9-7-16)27-14-23-13-26-27;/h3-10,13-15H,11-12H2,1-2H3,(H2,22,24,25);1H. The van der Waals surface area contributed by atoms with Gasteiger partial charge in [0.05, 0.1) is 12.2 Å². The highest BCUT2D eigenvalue weighted by atomic mass is 127. The van der Waals surface area contributed by atoms with Crippen LogP contribution in [0.25, 0.3) is 5.69 Å². The van der Waals surface area contributed by atoms with Gasteiger partial charge < -0.3 is 15.4 Å². The summed E-state index contributed by atoms with van der Waals surface area (Å²) >= 11 is 0. The Balaban J connectivity index is 0.00000300. The van der Waals surface area contributed by atoms with Gasteiger partial charge in [-0.1, -0.05) is 18.2 Å². The lowest BCUT2D eigenvalue weighted by molar-refractivity contribution is 0.223. The van der Waals surface area contributed by atoms with E-state index in [1.54, 1.807) is 30.2 Å². The Morgan fingerprint density at radius 3 is 2.66 bits per heavy atom. The summed E-state index contributed by atoms with van der Waals surface area (Å²) in [6.45, 7) is 3.06. The van der Waals surface area contributed by atoms with Crippen molar-refractivity contribution < 1.29 is 9.13 Å². The maximum absolute atomic E-state index is 13.2. The predicted molar refractivity (Wildman–Crippen MR) is 121 cm³/mol. The van der Waals surface area contributed by atoms with E-state index in [2.05, 4.69) is 25.7 Å². The third-order valence-electron chi connectivity index (χ3n) is 3.99. The fourth-order valence-electron chi connectivity index (χ4n) is 2.57. The van der Waals surface area contributed by atoms with Gasteiger partial charge in [-0.25, -0.2) is 14.1 Å². The molecule has 0 amide bonds. The van der Waals surface area contributed by atoms with Gasteiger partial charge in [0.15, 0.2) is 5.96 Å². The van der Waals surface area contributed by atoms with Gasteiger partial charge in [0.1, 0.15) is 30.3 Å². The molecule has 2 N–H and O–H groups in total. The van der Waals surface area contributed by atoms with Crippen LogP contribution in [0.3, 0.4) is 0 Å². The van der Waals surface area contributed by atoms with E-state index < -0.39 is 0 Å². The molecule has 2 aromatic carbocycles. The smallest absolute Gasteiger partial charge is 0.191 e. The van der Waals surface area contributed by atoms with Crippen molar-refractivity contribution in [2.45, 2.75) is 19.6 Å². The number of guanidine groups is 1. The first-order chi connectivity index (χ1) is 13.6. The molecule has 1 aromatic heterocycles. The van der Waals surface area contributed by atoms with E-state index in [4.69, 9.17) is 4.74 Å². The molecule has 0 saturated heterocycles. The van der Waals surface area contributed by atoms with E-state index in [1.165, 1.54) is 18.5 Å². The molecule has 154 valence electrons. The Labute approximate surface area is 186 Å². The summed E-state index contributed by atoms with van der Waals surface area (Å²) in [7, 11) is 1.71. The zero-order valence-electron chi connectivity index (χ0n) is 16.2. The van der Waals surface area contributed by atoms with Crippen molar-refractivity contribution in [1.82, 2.24) is 25.4 Å². The van der Waals surface area contributed by atoms with Crippen LogP contribution >= 0.6 is 24.0 Å². The van der Waals surface area contributed by atoms with Gasteiger partial charge in [-0.05, 0) is 36.8 Å². The number of halogens is 2. The van der Waals surface area contributed by atoms with Gasteiger partial charge >= 0.3 is 0 Å². The number of aliphatic imine (C=N–C) groups is 1. The number of nitrogens with zero attached hydrogens (tertiary/aromatic N) is 4. The highest BCUT2D eigenvalue weighted by Gasteiger charge is 2.07. The number of aromatic nitrogens is 3. The third-order valence-corrected chi connectivity index (χ3v) is 3.99. The topological polar surface area (TPSA) is 76.4 Å². The molecule has 1 unspecified atom stereocenters. The number of rotatable bonds is 7. The minimum Gasteiger partial charge on any atom is -0.489 e. The second-order valence-corrected chi connectivity index (χ2v) is 6.20. The van der Waals surface area contributed by atoms with Crippen molar-refractivity contribution in [2.24, 2.45) is 4.99 Å². The lowest BCUT2D eigenvalue weighted by Crippen LogP contribution is -2.41. The molecule has 0 aliphatic heterocycles. The van der Waals surface area contributed by atoms with Gasteiger partial charge in [-0.15, -0.1) is 24.0 Å². The number of hydrogen-bond acceptors (Lipinski definition) is 4. The largest absolute Gasteiger partial charge is 0.489 e. The Bertz CT molecular complexity index is 902. The van der Waals surface area contributed by atoms with Crippen LogP contribution < -0.4 is 15.4 Å². The number of ether oxygens (including phenoxy) is 1. The molecule has 3 rings (SSSR count). The van der Waals surface area contributed by atoms with Gasteiger partial charge in [-0.3, -0.25) is 4.99 Å². The summed E-state index contributed by atoms with van der Waals surface area (Å²) in [4.78, 5) is 8.15. The van der Waals surface area contributed by atoms with Crippen LogP contribution in [0.5, 0.6) is 5.75 Å². The maximum Gasteiger partial charge on any atom is 0.191 e. The summed E-state index contributed by atoms with van der Waals surface area (Å²) < 4.78 is 20.6. The summed E-state index contributed by atoms with van der Waals surface area (Å²) in [5, 5.41) is 10.6. The monoisotopic (exact) mass is 510 g/mol. The first kappa shape index (κ1) is 22.6. The quantitative estimate of drug-likeness (QED) is 0.290. The molecule has 0 fully saturated rings. The van der Waals surface area contributed by atoms with Crippen LogP contribution in [-0.4, -0.2) is 40.4 Å². The van der Waals surface area contributed by atoms with E-state index >= 15 is 0 Å². The summed E-state index contributed by atoms with van der Waals surface area (Å²) in [5.41, 5.74) is 2.06. The fourth-order valence-corrected chi connectivity index (χ4v) is 2.57. The first-order valence-electron chi connectivity index (χ1n) is 8.95. The normalized spacial score (nSPS) is 12.0. The Morgan fingerprint density at radius 1 is 1.21 bits per heavy atom. The third kappa shape index (κ3) is 7.00. The van der Waals surface area contributed by atoms with Crippen LogP contribution in [0.4, 0.5) is 4.39 Å². The average Bonchev–Trinajstić information content (AvgIpc) is 3.23. The molecule has 0 aliphatic rings. The van der Waals surface area contributed by atoms with Crippen LogP contribution in [0.2, 0.25) is 0 Å². The highest BCUT2D eigenvalue weighted by Crippen LogP contribution is 2.13. The number of nitrogens with one attached hydrogen (secondary N) is 2. The second-order valence-electron chi connectivity index (χ2n) is 6.20. The lowest BCUT2D eigenvalue weighted by Gasteiger charge is -2.18. The van der Waals surface area contributed by atoms with Gasteiger partial charge in [0.2, 0.25) is 0 Å². The second kappa shape index (κ2) is 11.3. The molecule has 0 radical (unpaired) electrons. The summed E-state index contributed by atoms with van der Waals surface area (Å²) in [5.74, 6) is 0.852. The molecule has 29 heavy (non-hydrogen) atoms. The van der Waals surface area contributed by atoms with E-state index in [9.17, 15) is 4.39 Å². The maximum atomic E-state index is 13.2. The molecule has 0 bridgehead atoms. The Kier molecular flexibility index (Phi) is 8.84. The van der Waals surface area contributed by atoms with E-state index in [0.29, 0.717) is 24.8 Å². The zero-order valence-corrected chi connectivity index (χ0v) is 18.6. The molecule has 3 aromatic rings. The van der Waals surface area contributed by atoms with Crippen LogP contribution in [-0.2, 0) is 6.54 Å². The van der Waals surface area contributed by atoms with Gasteiger partial charge in [-0.2, -0.15) is 5.10 Å². The van der Waals surface area contributed by atoms with Crippen molar-refractivity contribution in [3.63, 3.8) is 0 Å². The van der Waals surface area contributed by atoms with Crippen LogP contribution in [0.15, 0.2) is 66.2 Å². The highest BCUT2D eigenvalue weighted by molar-refractivity contribution is 14.0. The van der Waals surface area contributed by atoms with Crippen LogP contribution in [0, 0.1) is 5.82 Å².